The molecule has 1 atom stereocenters. The van der Waals surface area contributed by atoms with Crippen LogP contribution in [0.25, 0.3) is 0 Å². The van der Waals surface area contributed by atoms with Crippen molar-refractivity contribution >= 4 is 26.0 Å². The first-order chi connectivity index (χ1) is 19.0. The summed E-state index contributed by atoms with van der Waals surface area (Å²) in [6.45, 7) is -0.00710. The third kappa shape index (κ3) is 6.55. The van der Waals surface area contributed by atoms with Crippen LogP contribution in [0.5, 0.6) is 0 Å². The van der Waals surface area contributed by atoms with Gasteiger partial charge in [0, 0.05) is 51.0 Å². The molecule has 1 unspecified atom stereocenters. The third-order valence-corrected chi connectivity index (χ3v) is 9.69. The summed E-state index contributed by atoms with van der Waals surface area (Å²) in [4.78, 5) is 17.3. The molecule has 2 heterocycles. The molecule has 0 spiro atoms. The number of nitrogens with zero attached hydrogens (tertiary/aromatic N) is 6. The quantitative estimate of drug-likeness (QED) is 0.384. The predicted molar refractivity (Wildman–Crippen MR) is 144 cm³/mol. The van der Waals surface area contributed by atoms with Crippen LogP contribution < -0.4 is 5.32 Å². The van der Waals surface area contributed by atoms with Gasteiger partial charge in [0.15, 0.2) is 0 Å². The second-order valence-corrected chi connectivity index (χ2v) is 13.1. The van der Waals surface area contributed by atoms with E-state index in [1.807, 2.05) is 22.8 Å². The second kappa shape index (κ2) is 12.0. The van der Waals surface area contributed by atoms with Gasteiger partial charge in [-0.15, -0.1) is 0 Å². The van der Waals surface area contributed by atoms with Crippen LogP contribution in [0, 0.1) is 22.7 Å². The van der Waals surface area contributed by atoms with Gasteiger partial charge in [0.25, 0.3) is 0 Å². The number of nitriles is 2. The van der Waals surface area contributed by atoms with Crippen LogP contribution in [0.1, 0.15) is 22.4 Å². The summed E-state index contributed by atoms with van der Waals surface area (Å²) < 4.78 is 55.4. The van der Waals surface area contributed by atoms with E-state index in [2.05, 4.69) is 16.4 Å². The van der Waals surface area contributed by atoms with Crippen molar-refractivity contribution in [3.05, 3.63) is 83.4 Å². The van der Waals surface area contributed by atoms with Gasteiger partial charge in [-0.2, -0.15) is 19.1 Å². The molecular formula is C26H27N7O5S2. The summed E-state index contributed by atoms with van der Waals surface area (Å²) in [7, 11) is -7.88. The van der Waals surface area contributed by atoms with E-state index in [9.17, 15) is 21.6 Å². The zero-order valence-corrected chi connectivity index (χ0v) is 23.3. The highest BCUT2D eigenvalue weighted by Gasteiger charge is 2.41. The largest absolute Gasteiger partial charge is 0.354 e. The number of carbonyl (C=O) groups excluding carboxylic acids is 1. The fraction of sp³-hybridized carbons (Fsp3) is 0.308. The highest BCUT2D eigenvalue weighted by atomic mass is 32.2. The maximum atomic E-state index is 13.3. The van der Waals surface area contributed by atoms with E-state index in [4.69, 9.17) is 10.5 Å². The average Bonchev–Trinajstić information content (AvgIpc) is 3.39. The van der Waals surface area contributed by atoms with Crippen LogP contribution in [-0.2, 0) is 37.8 Å². The van der Waals surface area contributed by atoms with Crippen molar-refractivity contribution in [1.29, 1.82) is 10.5 Å². The van der Waals surface area contributed by atoms with Crippen molar-refractivity contribution in [2.75, 3.05) is 32.4 Å². The monoisotopic (exact) mass is 581 g/mol. The smallest absolute Gasteiger partial charge is 0.243 e. The Balaban J connectivity index is 1.44. The van der Waals surface area contributed by atoms with Gasteiger partial charge < -0.3 is 9.88 Å². The summed E-state index contributed by atoms with van der Waals surface area (Å²) in [6, 6.07) is 15.4. The van der Waals surface area contributed by atoms with Crippen molar-refractivity contribution < 1.29 is 21.6 Å². The lowest BCUT2D eigenvalue weighted by Gasteiger charge is -2.38. The van der Waals surface area contributed by atoms with Gasteiger partial charge in [0.05, 0.1) is 40.7 Å². The topological polar surface area (TPSA) is 169 Å². The standard InChI is InChI=1S/C26H27N7O5S2/c1-39(35,36)33-12-11-32(40(37,38)24-4-2-3-22(13-24)15-28)18-25(33)26(34)30-10-9-23-16-29-19-31(23)17-21-7-5-20(14-27)6-8-21/h2-8,13,16,19,25H,9-12,17-18H2,1H3,(H,30,34). The number of hydrogen-bond acceptors (Lipinski definition) is 8. The highest BCUT2D eigenvalue weighted by Crippen LogP contribution is 2.22. The molecule has 0 radical (unpaired) electrons. The van der Waals surface area contributed by atoms with Gasteiger partial charge in [0.2, 0.25) is 26.0 Å². The molecular weight excluding hydrogens is 554 g/mol. The Morgan fingerprint density at radius 3 is 2.45 bits per heavy atom. The number of piperazine rings is 1. The second-order valence-electron chi connectivity index (χ2n) is 9.25. The van der Waals surface area contributed by atoms with E-state index in [-0.39, 0.29) is 36.6 Å². The van der Waals surface area contributed by atoms with E-state index in [0.29, 0.717) is 18.5 Å². The highest BCUT2D eigenvalue weighted by molar-refractivity contribution is 7.89. The molecule has 3 aromatic rings. The maximum Gasteiger partial charge on any atom is 0.243 e. The minimum absolute atomic E-state index is 0.103. The third-order valence-electron chi connectivity index (χ3n) is 6.54. The normalized spacial score (nSPS) is 16.6. The Morgan fingerprint density at radius 2 is 1.77 bits per heavy atom. The lowest BCUT2D eigenvalue weighted by atomic mass is 10.1. The number of carbonyl (C=O) groups is 1. The van der Waals surface area contributed by atoms with Gasteiger partial charge in [-0.1, -0.05) is 18.2 Å². The van der Waals surface area contributed by atoms with Crippen LogP contribution >= 0.6 is 0 Å². The van der Waals surface area contributed by atoms with Crippen LogP contribution in [0.4, 0.5) is 0 Å². The van der Waals surface area contributed by atoms with Crippen molar-refractivity contribution in [3.63, 3.8) is 0 Å². The molecule has 1 amide bonds. The van der Waals surface area contributed by atoms with E-state index in [0.717, 1.165) is 26.1 Å². The molecule has 14 heteroatoms. The lowest BCUT2D eigenvalue weighted by Crippen LogP contribution is -2.61. The zero-order chi connectivity index (χ0) is 28.9. The number of hydrogen-bond donors (Lipinski definition) is 1. The summed E-state index contributed by atoms with van der Waals surface area (Å²) in [5, 5.41) is 20.9. The molecule has 12 nitrogen and oxygen atoms in total. The molecule has 0 aliphatic carbocycles. The molecule has 1 aliphatic rings. The predicted octanol–water partition coefficient (Wildman–Crippen LogP) is 0.668. The molecule has 1 saturated heterocycles. The Labute approximate surface area is 233 Å². The van der Waals surface area contributed by atoms with Crippen molar-refractivity contribution in [2.24, 2.45) is 0 Å². The summed E-state index contributed by atoms with van der Waals surface area (Å²) in [5.41, 5.74) is 2.53. The summed E-state index contributed by atoms with van der Waals surface area (Å²) in [6.07, 6.45) is 4.71. The minimum Gasteiger partial charge on any atom is -0.354 e. The molecule has 0 saturated carbocycles. The van der Waals surface area contributed by atoms with Crippen LogP contribution in [0.15, 0.2) is 66.0 Å². The molecule has 1 aromatic heterocycles. The van der Waals surface area contributed by atoms with Gasteiger partial charge in [-0.25, -0.2) is 21.8 Å². The fourth-order valence-electron chi connectivity index (χ4n) is 4.46. The number of rotatable bonds is 9. The van der Waals surface area contributed by atoms with E-state index in [1.54, 1.807) is 24.7 Å². The van der Waals surface area contributed by atoms with Crippen molar-refractivity contribution in [1.82, 2.24) is 23.5 Å². The molecule has 0 bridgehead atoms. The number of benzene rings is 2. The molecule has 4 rings (SSSR count). The van der Waals surface area contributed by atoms with Gasteiger partial charge in [-0.3, -0.25) is 4.79 Å². The first-order valence-corrected chi connectivity index (χ1v) is 15.5. The molecule has 208 valence electrons. The van der Waals surface area contributed by atoms with Crippen molar-refractivity contribution in [2.45, 2.75) is 23.9 Å². The number of amides is 1. The van der Waals surface area contributed by atoms with Crippen LogP contribution in [0.3, 0.4) is 0 Å². The Morgan fingerprint density at radius 1 is 1.05 bits per heavy atom. The maximum absolute atomic E-state index is 13.3. The number of aromatic nitrogens is 2. The van der Waals surface area contributed by atoms with E-state index in [1.165, 1.54) is 24.3 Å². The molecule has 2 aromatic carbocycles. The first-order valence-electron chi connectivity index (χ1n) is 12.3. The molecule has 1 N–H and O–H groups in total. The van der Waals surface area contributed by atoms with Gasteiger partial charge >= 0.3 is 0 Å². The molecule has 40 heavy (non-hydrogen) atoms. The van der Waals surface area contributed by atoms with Crippen molar-refractivity contribution in [3.8, 4) is 12.1 Å². The van der Waals surface area contributed by atoms with Gasteiger partial charge in [0.1, 0.15) is 6.04 Å². The number of imidazole rings is 1. The number of sulfonamides is 2. The Hall–Kier alpha value is -4.08. The van der Waals surface area contributed by atoms with Gasteiger partial charge in [-0.05, 0) is 35.9 Å². The molecule has 1 fully saturated rings. The van der Waals surface area contributed by atoms with Crippen LogP contribution in [-0.4, -0.2) is 79.4 Å². The molecule has 1 aliphatic heterocycles. The first kappa shape index (κ1) is 28.9. The fourth-order valence-corrected chi connectivity index (χ4v) is 6.98. The van der Waals surface area contributed by atoms with E-state index < -0.39 is 32.0 Å². The minimum atomic E-state index is -4.07. The Kier molecular flexibility index (Phi) is 8.66. The Bertz CT molecular complexity index is 1690. The lowest BCUT2D eigenvalue weighted by molar-refractivity contribution is -0.125. The van der Waals surface area contributed by atoms with E-state index >= 15 is 0 Å². The summed E-state index contributed by atoms with van der Waals surface area (Å²) in [5.74, 6) is -0.616. The average molecular weight is 582 g/mol. The number of nitrogens with one attached hydrogen (secondary N) is 1. The zero-order valence-electron chi connectivity index (χ0n) is 21.6. The SMILES string of the molecule is CS(=O)(=O)N1CCN(S(=O)(=O)c2cccc(C#N)c2)CC1C(=O)NCCc1cncn1Cc1ccc(C#N)cc1. The summed E-state index contributed by atoms with van der Waals surface area (Å²) >= 11 is 0. The van der Waals surface area contributed by atoms with Crippen LogP contribution in [0.2, 0.25) is 0 Å².